The Morgan fingerprint density at radius 3 is 2.70 bits per heavy atom. The van der Waals surface area contributed by atoms with Gasteiger partial charge in [-0.15, -0.1) is 0 Å². The van der Waals surface area contributed by atoms with Crippen molar-refractivity contribution < 1.29 is 31.9 Å². The Bertz CT molecular complexity index is 607. The summed E-state index contributed by atoms with van der Waals surface area (Å²) in [7, 11) is 0. The van der Waals surface area contributed by atoms with Gasteiger partial charge in [-0.05, 0) is 12.1 Å². The molecule has 1 aliphatic rings. The van der Waals surface area contributed by atoms with Crippen molar-refractivity contribution in [3.05, 3.63) is 24.0 Å². The van der Waals surface area contributed by atoms with E-state index in [0.717, 1.165) is 12.1 Å². The highest BCUT2D eigenvalue weighted by Gasteiger charge is 2.29. The van der Waals surface area contributed by atoms with Crippen molar-refractivity contribution >= 4 is 17.6 Å². The first-order chi connectivity index (χ1) is 10.7. The third kappa shape index (κ3) is 5.31. The molecule has 0 bridgehead atoms. The van der Waals surface area contributed by atoms with Crippen LogP contribution in [-0.4, -0.2) is 37.3 Å². The predicted octanol–water partition coefficient (Wildman–Crippen LogP) is 1.78. The van der Waals surface area contributed by atoms with Gasteiger partial charge in [0.05, 0.1) is 6.04 Å². The van der Waals surface area contributed by atoms with Crippen molar-refractivity contribution in [2.24, 2.45) is 0 Å². The van der Waals surface area contributed by atoms with Crippen LogP contribution in [0.25, 0.3) is 0 Å². The minimum atomic E-state index is -4.57. The molecule has 0 unspecified atom stereocenters. The second kappa shape index (κ2) is 6.71. The summed E-state index contributed by atoms with van der Waals surface area (Å²) in [6.45, 7) is -1.31. The topological polar surface area (TPSA) is 79.5 Å². The largest absolute Gasteiger partial charge is 0.481 e. The molecule has 0 spiro atoms. The van der Waals surface area contributed by atoms with E-state index in [1.807, 2.05) is 0 Å². The Morgan fingerprint density at radius 1 is 1.39 bits per heavy atom. The summed E-state index contributed by atoms with van der Waals surface area (Å²) in [5.74, 6) is -1.80. The number of ether oxygens (including phenoxy) is 1. The minimum Gasteiger partial charge on any atom is -0.481 e. The number of alkyl halides is 3. The van der Waals surface area contributed by atoms with E-state index in [0.29, 0.717) is 6.54 Å². The highest BCUT2D eigenvalue weighted by molar-refractivity contribution is 5.90. The maximum absolute atomic E-state index is 13.6. The average molecular weight is 335 g/mol. The zero-order valence-corrected chi connectivity index (χ0v) is 11.7. The monoisotopic (exact) mass is 335 g/mol. The first-order valence-corrected chi connectivity index (χ1v) is 6.56. The zero-order chi connectivity index (χ0) is 17.0. The third-order valence-electron chi connectivity index (χ3n) is 2.89. The lowest BCUT2D eigenvalue weighted by atomic mass is 10.2. The minimum absolute atomic E-state index is 0.0386. The number of amides is 3. The maximum Gasteiger partial charge on any atom is 0.422 e. The van der Waals surface area contributed by atoms with Crippen molar-refractivity contribution in [1.82, 2.24) is 10.6 Å². The normalized spacial score (nSPS) is 17.6. The SMILES string of the molecule is O=C1C[C@H](NC(=O)Nc2ccc(OCC(F)(F)F)c(F)c2)CN1. The number of hydrogen-bond acceptors (Lipinski definition) is 3. The van der Waals surface area contributed by atoms with Crippen LogP contribution in [0.4, 0.5) is 28.0 Å². The molecule has 3 amide bonds. The van der Waals surface area contributed by atoms with E-state index in [2.05, 4.69) is 20.7 Å². The molecular weight excluding hydrogens is 322 g/mol. The molecular formula is C13H13F4N3O3. The summed E-state index contributed by atoms with van der Waals surface area (Å²) >= 11 is 0. The quantitative estimate of drug-likeness (QED) is 0.734. The molecule has 1 aromatic carbocycles. The number of nitrogens with one attached hydrogen (secondary N) is 3. The van der Waals surface area contributed by atoms with Gasteiger partial charge in [0.25, 0.3) is 0 Å². The van der Waals surface area contributed by atoms with E-state index in [1.54, 1.807) is 0 Å². The second-order valence-corrected chi connectivity index (χ2v) is 4.85. The number of carbonyl (C=O) groups is 2. The highest BCUT2D eigenvalue weighted by atomic mass is 19.4. The van der Waals surface area contributed by atoms with E-state index >= 15 is 0 Å². The number of benzene rings is 1. The Balaban J connectivity index is 1.89. The standard InChI is InChI=1S/C13H13F4N3O3/c14-9-3-7(1-2-10(9)23-6-13(15,16)17)19-12(22)20-8-4-11(21)18-5-8/h1-3,8H,4-6H2,(H,18,21)(H2,19,20,22)/t8-/m0/s1. The van der Waals surface area contributed by atoms with Gasteiger partial charge in [0.1, 0.15) is 0 Å². The van der Waals surface area contributed by atoms with Crippen LogP contribution in [0.1, 0.15) is 6.42 Å². The lowest BCUT2D eigenvalue weighted by molar-refractivity contribution is -0.153. The van der Waals surface area contributed by atoms with Gasteiger partial charge in [-0.25, -0.2) is 9.18 Å². The summed E-state index contributed by atoms with van der Waals surface area (Å²) in [4.78, 5) is 22.6. The molecule has 1 fully saturated rings. The molecule has 1 atom stereocenters. The van der Waals surface area contributed by atoms with Crippen LogP contribution in [0, 0.1) is 5.82 Å². The molecule has 1 saturated heterocycles. The smallest absolute Gasteiger partial charge is 0.422 e. The summed E-state index contributed by atoms with van der Waals surface area (Å²) < 4.78 is 53.9. The third-order valence-corrected chi connectivity index (χ3v) is 2.89. The van der Waals surface area contributed by atoms with Crippen molar-refractivity contribution in [3.8, 4) is 5.75 Å². The molecule has 10 heteroatoms. The van der Waals surface area contributed by atoms with Crippen LogP contribution in [0.15, 0.2) is 18.2 Å². The summed E-state index contributed by atoms with van der Waals surface area (Å²) in [6.07, 6.45) is -4.43. The number of anilines is 1. The fraction of sp³-hybridized carbons (Fsp3) is 0.385. The van der Waals surface area contributed by atoms with Crippen LogP contribution in [0.3, 0.4) is 0 Å². The fourth-order valence-corrected chi connectivity index (χ4v) is 1.92. The Kier molecular flexibility index (Phi) is 4.92. The first kappa shape index (κ1) is 16.8. The summed E-state index contributed by atoms with van der Waals surface area (Å²) in [5.41, 5.74) is 0.0386. The van der Waals surface area contributed by atoms with Gasteiger partial charge < -0.3 is 20.7 Å². The van der Waals surface area contributed by atoms with Crippen LogP contribution >= 0.6 is 0 Å². The van der Waals surface area contributed by atoms with Crippen molar-refractivity contribution in [3.63, 3.8) is 0 Å². The molecule has 0 aromatic heterocycles. The second-order valence-electron chi connectivity index (χ2n) is 4.85. The van der Waals surface area contributed by atoms with Crippen molar-refractivity contribution in [2.45, 2.75) is 18.6 Å². The van der Waals surface area contributed by atoms with E-state index in [-0.39, 0.29) is 24.1 Å². The summed E-state index contributed by atoms with van der Waals surface area (Å²) in [6, 6.07) is 1.99. The van der Waals surface area contributed by atoms with E-state index < -0.39 is 30.4 Å². The zero-order valence-electron chi connectivity index (χ0n) is 11.7. The number of halogens is 4. The van der Waals surface area contributed by atoms with Gasteiger partial charge in [0, 0.05) is 24.7 Å². The van der Waals surface area contributed by atoms with Crippen LogP contribution in [0.5, 0.6) is 5.75 Å². The number of carbonyl (C=O) groups excluding carboxylic acids is 2. The van der Waals surface area contributed by atoms with Crippen LogP contribution < -0.4 is 20.7 Å². The Hall–Kier alpha value is -2.52. The number of urea groups is 1. The molecule has 1 aliphatic heterocycles. The Morgan fingerprint density at radius 2 is 2.13 bits per heavy atom. The molecule has 1 heterocycles. The van der Waals surface area contributed by atoms with Crippen molar-refractivity contribution in [2.75, 3.05) is 18.5 Å². The summed E-state index contributed by atoms with van der Waals surface area (Å²) in [5, 5.41) is 7.35. The molecule has 23 heavy (non-hydrogen) atoms. The lowest BCUT2D eigenvalue weighted by Gasteiger charge is -2.13. The predicted molar refractivity (Wildman–Crippen MR) is 71.5 cm³/mol. The molecule has 3 N–H and O–H groups in total. The van der Waals surface area contributed by atoms with Gasteiger partial charge in [0.15, 0.2) is 18.2 Å². The lowest BCUT2D eigenvalue weighted by Crippen LogP contribution is -2.39. The molecule has 0 radical (unpaired) electrons. The maximum atomic E-state index is 13.6. The molecule has 126 valence electrons. The Labute approximate surface area is 128 Å². The van der Waals surface area contributed by atoms with Crippen molar-refractivity contribution in [1.29, 1.82) is 0 Å². The van der Waals surface area contributed by atoms with Gasteiger partial charge in [-0.1, -0.05) is 0 Å². The first-order valence-electron chi connectivity index (χ1n) is 6.56. The number of hydrogen-bond donors (Lipinski definition) is 3. The van der Waals surface area contributed by atoms with Gasteiger partial charge >= 0.3 is 12.2 Å². The van der Waals surface area contributed by atoms with Crippen LogP contribution in [0.2, 0.25) is 0 Å². The molecule has 1 aromatic rings. The molecule has 2 rings (SSSR count). The van der Waals surface area contributed by atoms with E-state index in [1.165, 1.54) is 6.07 Å². The average Bonchev–Trinajstić information content (AvgIpc) is 2.82. The fourth-order valence-electron chi connectivity index (χ4n) is 1.92. The van der Waals surface area contributed by atoms with E-state index in [9.17, 15) is 27.2 Å². The number of rotatable bonds is 4. The molecule has 6 nitrogen and oxygen atoms in total. The highest BCUT2D eigenvalue weighted by Crippen LogP contribution is 2.24. The van der Waals surface area contributed by atoms with Gasteiger partial charge in [-0.3, -0.25) is 4.79 Å². The molecule has 0 saturated carbocycles. The van der Waals surface area contributed by atoms with Gasteiger partial charge in [0.2, 0.25) is 5.91 Å². The van der Waals surface area contributed by atoms with E-state index in [4.69, 9.17) is 0 Å². The van der Waals surface area contributed by atoms with Crippen LogP contribution in [-0.2, 0) is 4.79 Å². The van der Waals surface area contributed by atoms with Gasteiger partial charge in [-0.2, -0.15) is 13.2 Å². The molecule has 0 aliphatic carbocycles.